The minimum absolute atomic E-state index is 0.102. The number of rotatable bonds is 5. The fraction of sp³-hybridized carbons (Fsp3) is 0.0545. The molecule has 3 nitrogen and oxygen atoms in total. The Balaban J connectivity index is 0.989. The van der Waals surface area contributed by atoms with Crippen LogP contribution in [-0.4, -0.2) is 0 Å². The SMILES string of the molecule is CC1(C)c2ccccc2-c2ccc(N(c3ccc(-c4ccc5oc6c(-c7ccccc7)c7c(cc6c5c4)oc4ccccc47)cc3)c3ccc4ccccc4c3)cc21. The molecule has 58 heavy (non-hydrogen) atoms. The molecular formula is C55H37NO2. The largest absolute Gasteiger partial charge is 0.456 e. The van der Waals surface area contributed by atoms with Crippen molar-refractivity contribution in [1.29, 1.82) is 0 Å². The van der Waals surface area contributed by atoms with Crippen molar-refractivity contribution >= 4 is 71.7 Å². The third kappa shape index (κ3) is 4.86. The highest BCUT2D eigenvalue weighted by Gasteiger charge is 2.35. The van der Waals surface area contributed by atoms with Gasteiger partial charge >= 0.3 is 0 Å². The third-order valence-electron chi connectivity index (χ3n) is 12.4. The molecule has 2 heterocycles. The molecule has 12 rings (SSSR count). The molecule has 9 aromatic carbocycles. The first-order valence-corrected chi connectivity index (χ1v) is 20.0. The first-order chi connectivity index (χ1) is 28.5. The van der Waals surface area contributed by atoms with E-state index >= 15 is 0 Å². The molecule has 1 aliphatic rings. The van der Waals surface area contributed by atoms with Crippen LogP contribution in [-0.2, 0) is 5.41 Å². The molecule has 0 radical (unpaired) electrons. The second-order valence-corrected chi connectivity index (χ2v) is 16.1. The standard InChI is InChI=1S/C55H37NO2/c1-55(2)47-18-10-8-16-42(47)43-28-27-41(32-48(43)55)56(40-26-22-34-12-6-7-15-37(34)30-40)39-24-20-35(21-25-39)38-23-29-50-45(31-38)46-33-51-53(44-17-9-11-19-49(44)57-51)52(54(46)58-50)36-13-4-3-5-14-36/h3-33H,1-2H3. The average molecular weight is 744 g/mol. The molecule has 0 fully saturated rings. The first kappa shape index (κ1) is 32.8. The van der Waals surface area contributed by atoms with Crippen LogP contribution in [0.2, 0.25) is 0 Å². The normalized spacial score (nSPS) is 13.1. The first-order valence-electron chi connectivity index (χ1n) is 20.0. The van der Waals surface area contributed by atoms with Crippen molar-refractivity contribution in [3.63, 3.8) is 0 Å². The van der Waals surface area contributed by atoms with Crippen LogP contribution < -0.4 is 4.90 Å². The number of hydrogen-bond donors (Lipinski definition) is 0. The van der Waals surface area contributed by atoms with E-state index in [1.165, 1.54) is 33.0 Å². The molecule has 0 aliphatic heterocycles. The molecule has 0 N–H and O–H groups in total. The van der Waals surface area contributed by atoms with Gasteiger partial charge in [-0.2, -0.15) is 0 Å². The lowest BCUT2D eigenvalue weighted by atomic mass is 9.82. The summed E-state index contributed by atoms with van der Waals surface area (Å²) >= 11 is 0. The molecule has 0 saturated heterocycles. The van der Waals surface area contributed by atoms with Crippen molar-refractivity contribution in [3.05, 3.63) is 199 Å². The van der Waals surface area contributed by atoms with Crippen LogP contribution in [0.25, 0.3) is 88.0 Å². The lowest BCUT2D eigenvalue weighted by Crippen LogP contribution is -2.16. The maximum atomic E-state index is 6.75. The zero-order valence-electron chi connectivity index (χ0n) is 32.2. The van der Waals surface area contributed by atoms with Crippen LogP contribution in [0.5, 0.6) is 0 Å². The molecule has 0 saturated carbocycles. The highest BCUT2D eigenvalue weighted by Crippen LogP contribution is 2.51. The number of anilines is 3. The zero-order valence-corrected chi connectivity index (χ0v) is 32.2. The van der Waals surface area contributed by atoms with E-state index in [-0.39, 0.29) is 5.41 Å². The molecule has 0 amide bonds. The summed E-state index contributed by atoms with van der Waals surface area (Å²) in [6.45, 7) is 4.69. The number of para-hydroxylation sites is 1. The fourth-order valence-electron chi connectivity index (χ4n) is 9.57. The van der Waals surface area contributed by atoms with E-state index in [0.29, 0.717) is 0 Å². The fourth-order valence-corrected chi connectivity index (χ4v) is 9.57. The van der Waals surface area contributed by atoms with Crippen molar-refractivity contribution in [3.8, 4) is 33.4 Å². The Kier molecular flexibility index (Phi) is 6.98. The lowest BCUT2D eigenvalue weighted by Gasteiger charge is -2.28. The van der Waals surface area contributed by atoms with Gasteiger partial charge in [-0.3, -0.25) is 0 Å². The van der Waals surface area contributed by atoms with E-state index in [1.807, 2.05) is 12.1 Å². The van der Waals surface area contributed by atoms with Crippen molar-refractivity contribution in [1.82, 2.24) is 0 Å². The Bertz CT molecular complexity index is 3420. The Hall–Kier alpha value is -7.36. The maximum absolute atomic E-state index is 6.75. The summed E-state index contributed by atoms with van der Waals surface area (Å²) in [6.07, 6.45) is 0. The maximum Gasteiger partial charge on any atom is 0.144 e. The van der Waals surface area contributed by atoms with Crippen LogP contribution in [0.3, 0.4) is 0 Å². The molecule has 0 atom stereocenters. The van der Waals surface area contributed by atoms with Crippen LogP contribution in [0.4, 0.5) is 17.1 Å². The zero-order chi connectivity index (χ0) is 38.5. The van der Waals surface area contributed by atoms with Crippen molar-refractivity contribution in [2.24, 2.45) is 0 Å². The highest BCUT2D eigenvalue weighted by molar-refractivity contribution is 6.23. The summed E-state index contributed by atoms with van der Waals surface area (Å²) in [4.78, 5) is 2.39. The van der Waals surface area contributed by atoms with Gasteiger partial charge < -0.3 is 13.7 Å². The van der Waals surface area contributed by atoms with Gasteiger partial charge in [0.15, 0.2) is 0 Å². The van der Waals surface area contributed by atoms with Crippen LogP contribution >= 0.6 is 0 Å². The van der Waals surface area contributed by atoms with Gasteiger partial charge in [-0.1, -0.05) is 141 Å². The Morgan fingerprint density at radius 3 is 1.95 bits per heavy atom. The van der Waals surface area contributed by atoms with Gasteiger partial charge in [0.25, 0.3) is 0 Å². The predicted octanol–water partition coefficient (Wildman–Crippen LogP) is 15.7. The summed E-state index contributed by atoms with van der Waals surface area (Å²) < 4.78 is 13.2. The van der Waals surface area contributed by atoms with E-state index in [2.05, 4.69) is 195 Å². The van der Waals surface area contributed by atoms with E-state index in [9.17, 15) is 0 Å². The molecule has 3 heteroatoms. The van der Waals surface area contributed by atoms with Crippen molar-refractivity contribution < 1.29 is 8.83 Å². The minimum atomic E-state index is -0.102. The molecule has 2 aromatic heterocycles. The van der Waals surface area contributed by atoms with Crippen molar-refractivity contribution in [2.45, 2.75) is 19.3 Å². The summed E-state index contributed by atoms with van der Waals surface area (Å²) in [5, 5.41) is 6.72. The average Bonchev–Trinajstić information content (AvgIpc) is 3.90. The van der Waals surface area contributed by atoms with Crippen LogP contribution in [0.1, 0.15) is 25.0 Å². The van der Waals surface area contributed by atoms with Gasteiger partial charge in [0.05, 0.1) is 0 Å². The second-order valence-electron chi connectivity index (χ2n) is 16.1. The molecule has 0 unspecified atom stereocenters. The van der Waals surface area contributed by atoms with Gasteiger partial charge in [0.2, 0.25) is 0 Å². The number of furan rings is 2. The quantitative estimate of drug-likeness (QED) is 0.176. The molecule has 0 bridgehead atoms. The van der Waals surface area contributed by atoms with E-state index in [4.69, 9.17) is 8.83 Å². The Morgan fingerprint density at radius 1 is 0.397 bits per heavy atom. The topological polar surface area (TPSA) is 29.5 Å². The predicted molar refractivity (Wildman–Crippen MR) is 242 cm³/mol. The molecule has 274 valence electrons. The Morgan fingerprint density at radius 2 is 1.07 bits per heavy atom. The summed E-state index contributed by atoms with van der Waals surface area (Å²) in [5.41, 5.74) is 16.5. The molecule has 11 aromatic rings. The highest BCUT2D eigenvalue weighted by atomic mass is 16.3. The summed E-state index contributed by atoms with van der Waals surface area (Å²) in [6, 6.07) is 67.7. The lowest BCUT2D eigenvalue weighted by molar-refractivity contribution is 0.660. The number of nitrogens with zero attached hydrogens (tertiary/aromatic N) is 1. The smallest absolute Gasteiger partial charge is 0.144 e. The summed E-state index contributed by atoms with van der Waals surface area (Å²) in [5.74, 6) is 0. The van der Waals surface area contributed by atoms with Gasteiger partial charge in [0, 0.05) is 49.6 Å². The number of benzene rings is 9. The van der Waals surface area contributed by atoms with Gasteiger partial charge in [0.1, 0.15) is 22.3 Å². The third-order valence-corrected chi connectivity index (χ3v) is 12.4. The van der Waals surface area contributed by atoms with Gasteiger partial charge in [-0.25, -0.2) is 0 Å². The number of hydrogen-bond acceptors (Lipinski definition) is 3. The molecule has 1 aliphatic carbocycles. The summed E-state index contributed by atoms with van der Waals surface area (Å²) in [7, 11) is 0. The van der Waals surface area contributed by atoms with E-state index in [1.54, 1.807) is 0 Å². The van der Waals surface area contributed by atoms with Gasteiger partial charge in [-0.05, 0) is 110 Å². The Labute approximate surface area is 336 Å². The molecular weight excluding hydrogens is 707 g/mol. The van der Waals surface area contributed by atoms with E-state index < -0.39 is 0 Å². The van der Waals surface area contributed by atoms with E-state index in [0.717, 1.165) is 83.2 Å². The number of fused-ring (bicyclic) bond motifs is 10. The molecule has 0 spiro atoms. The minimum Gasteiger partial charge on any atom is -0.456 e. The second kappa shape index (κ2) is 12.3. The van der Waals surface area contributed by atoms with Crippen LogP contribution in [0.15, 0.2) is 197 Å². The monoisotopic (exact) mass is 743 g/mol. The van der Waals surface area contributed by atoms with Crippen molar-refractivity contribution in [2.75, 3.05) is 4.90 Å². The van der Waals surface area contributed by atoms with Crippen LogP contribution in [0, 0.1) is 0 Å². The van der Waals surface area contributed by atoms with Gasteiger partial charge in [-0.15, -0.1) is 0 Å².